The van der Waals surface area contributed by atoms with Crippen molar-refractivity contribution in [1.29, 1.82) is 0 Å². The molecule has 0 N–H and O–H groups in total. The predicted molar refractivity (Wildman–Crippen MR) is 104 cm³/mol. The molecule has 7 nitrogen and oxygen atoms in total. The molecular weight excluding hydrogens is 407 g/mol. The molecule has 1 unspecified atom stereocenters. The van der Waals surface area contributed by atoms with Crippen molar-refractivity contribution in [2.45, 2.75) is 36.8 Å². The Morgan fingerprint density at radius 3 is 2.89 bits per heavy atom. The smallest absolute Gasteiger partial charge is 0.210 e. The number of thioether (sulfide) groups is 1. The Hall–Kier alpha value is -1.26. The van der Waals surface area contributed by atoms with Crippen LogP contribution in [0.3, 0.4) is 0 Å². The molecule has 150 valence electrons. The lowest BCUT2D eigenvalue weighted by Crippen LogP contribution is -2.48. The van der Waals surface area contributed by atoms with Crippen molar-refractivity contribution in [2.24, 2.45) is 0 Å². The zero-order chi connectivity index (χ0) is 19.3. The monoisotopic (exact) mass is 426 g/mol. The lowest BCUT2D eigenvalue weighted by molar-refractivity contribution is -0.179. The molecule has 0 aromatic carbocycles. The van der Waals surface area contributed by atoms with E-state index in [1.165, 1.54) is 11.8 Å². The molecule has 1 spiro atoms. The Kier molecular flexibility index (Phi) is 4.83. The second kappa shape index (κ2) is 7.21. The van der Waals surface area contributed by atoms with Gasteiger partial charge in [-0.25, -0.2) is 19.3 Å². The third-order valence-corrected chi connectivity index (χ3v) is 6.32. The van der Waals surface area contributed by atoms with E-state index in [2.05, 4.69) is 14.9 Å². The highest BCUT2D eigenvalue weighted by Gasteiger charge is 2.44. The van der Waals surface area contributed by atoms with Gasteiger partial charge in [0.2, 0.25) is 5.79 Å². The van der Waals surface area contributed by atoms with Crippen molar-refractivity contribution in [3.05, 3.63) is 16.7 Å². The second-order valence-electron chi connectivity index (χ2n) is 7.09. The van der Waals surface area contributed by atoms with Crippen LogP contribution in [0, 0.1) is 5.82 Å². The van der Waals surface area contributed by atoms with E-state index >= 15 is 0 Å². The van der Waals surface area contributed by atoms with Crippen LogP contribution in [-0.2, 0) is 20.6 Å². The zero-order valence-corrected chi connectivity index (χ0v) is 17.0. The molecule has 2 fully saturated rings. The summed E-state index contributed by atoms with van der Waals surface area (Å²) in [7, 11) is 0. The molecule has 0 bridgehead atoms. The molecule has 2 aromatic heterocycles. The number of anilines is 1. The fourth-order valence-electron chi connectivity index (χ4n) is 4.09. The summed E-state index contributed by atoms with van der Waals surface area (Å²) in [6.45, 7) is 4.41. The van der Waals surface area contributed by atoms with Crippen LogP contribution >= 0.6 is 23.4 Å². The fraction of sp³-hybridized carbons (Fsp3) is 0.611. The van der Waals surface area contributed by atoms with Gasteiger partial charge in [0.1, 0.15) is 17.9 Å². The summed E-state index contributed by atoms with van der Waals surface area (Å²) in [5.41, 5.74) is 0.948. The number of nitrogens with zero attached hydrogens (tertiary/aromatic N) is 4. The minimum absolute atomic E-state index is 0.0563. The van der Waals surface area contributed by atoms with E-state index in [1.54, 1.807) is 0 Å². The molecule has 3 aliphatic heterocycles. The maximum atomic E-state index is 14.9. The third-order valence-electron chi connectivity index (χ3n) is 5.34. The van der Waals surface area contributed by atoms with Crippen LogP contribution in [0.25, 0.3) is 10.9 Å². The van der Waals surface area contributed by atoms with Crippen molar-refractivity contribution >= 4 is 40.1 Å². The number of halogens is 2. The first-order chi connectivity index (χ1) is 13.6. The summed E-state index contributed by atoms with van der Waals surface area (Å²) in [5.74, 6) is 0.00797. The molecular formula is C18H20ClFN4O3S. The molecule has 28 heavy (non-hydrogen) atoms. The topological polar surface area (TPSA) is 69.6 Å². The zero-order valence-electron chi connectivity index (χ0n) is 15.4. The maximum absolute atomic E-state index is 14.9. The molecule has 1 atom stereocenters. The van der Waals surface area contributed by atoms with E-state index in [-0.39, 0.29) is 16.7 Å². The molecule has 5 heterocycles. The first kappa shape index (κ1) is 18.7. The molecule has 0 saturated carbocycles. The number of aryl methyl sites for hydroxylation is 1. The molecule has 2 aromatic rings. The number of hydrogen-bond acceptors (Lipinski definition) is 8. The number of aromatic nitrogens is 3. The average Bonchev–Trinajstić information content (AvgIpc) is 2.99. The van der Waals surface area contributed by atoms with Crippen LogP contribution in [0.1, 0.15) is 19.0 Å². The van der Waals surface area contributed by atoms with E-state index < -0.39 is 11.6 Å². The largest absolute Gasteiger partial charge is 0.374 e. The van der Waals surface area contributed by atoms with Gasteiger partial charge in [0.05, 0.1) is 43.5 Å². The Morgan fingerprint density at radius 2 is 2.11 bits per heavy atom. The number of pyridine rings is 1. The molecule has 2 saturated heterocycles. The first-order valence-electron chi connectivity index (χ1n) is 9.41. The van der Waals surface area contributed by atoms with Gasteiger partial charge in [0.25, 0.3) is 0 Å². The first-order valence-corrected chi connectivity index (χ1v) is 10.8. The van der Waals surface area contributed by atoms with Crippen molar-refractivity contribution in [1.82, 2.24) is 15.0 Å². The number of ether oxygens (including phenoxy) is 3. The molecule has 10 heteroatoms. The lowest BCUT2D eigenvalue weighted by atomic mass is 10.1. The fourth-order valence-corrected chi connectivity index (χ4v) is 4.85. The summed E-state index contributed by atoms with van der Waals surface area (Å²) >= 11 is 7.54. The molecule has 0 radical (unpaired) electrons. The van der Waals surface area contributed by atoms with Crippen molar-refractivity contribution in [2.75, 3.05) is 43.6 Å². The van der Waals surface area contributed by atoms with E-state index in [1.807, 2.05) is 6.92 Å². The molecule has 3 aliphatic rings. The van der Waals surface area contributed by atoms with Crippen LogP contribution in [0.4, 0.5) is 10.2 Å². The van der Waals surface area contributed by atoms with Gasteiger partial charge in [-0.15, -0.1) is 0 Å². The van der Waals surface area contributed by atoms with Gasteiger partial charge in [-0.05, 0) is 18.6 Å². The van der Waals surface area contributed by atoms with E-state index in [4.69, 9.17) is 30.8 Å². The van der Waals surface area contributed by atoms with Gasteiger partial charge >= 0.3 is 0 Å². The van der Waals surface area contributed by atoms with Gasteiger partial charge in [0, 0.05) is 0 Å². The summed E-state index contributed by atoms with van der Waals surface area (Å²) in [6, 6.07) is 0.0563. The Labute approximate surface area is 170 Å². The standard InChI is InChI=1S/C18H20ClFN4O3S/c1-2-28-17-22-14-12-11(21-15(19)13(14)20)4-3-10-7-25-9-18(26-5-6-27-18)8-24(10)16(12)23-17/h10H,2-9H2,1H3. The minimum atomic E-state index is -0.826. The molecule has 0 amide bonds. The highest BCUT2D eigenvalue weighted by molar-refractivity contribution is 7.99. The summed E-state index contributed by atoms with van der Waals surface area (Å²) in [6.07, 6.45) is 1.43. The minimum Gasteiger partial charge on any atom is -0.374 e. The SMILES string of the molecule is CCSc1nc2c3c(nc(Cl)c(F)c3n1)CCC1COCC3(CN21)OCCO3. The number of hydrogen-bond donors (Lipinski definition) is 0. The second-order valence-corrected chi connectivity index (χ2v) is 8.68. The quantitative estimate of drug-likeness (QED) is 0.412. The van der Waals surface area contributed by atoms with Crippen LogP contribution in [0.5, 0.6) is 0 Å². The van der Waals surface area contributed by atoms with Gasteiger partial charge in [-0.3, -0.25) is 0 Å². The highest BCUT2D eigenvalue weighted by atomic mass is 35.5. The van der Waals surface area contributed by atoms with Crippen LogP contribution < -0.4 is 4.90 Å². The van der Waals surface area contributed by atoms with Gasteiger partial charge in [-0.1, -0.05) is 30.3 Å². The van der Waals surface area contributed by atoms with E-state index in [0.29, 0.717) is 55.8 Å². The van der Waals surface area contributed by atoms with Gasteiger partial charge < -0.3 is 19.1 Å². The highest BCUT2D eigenvalue weighted by Crippen LogP contribution is 2.39. The number of fused-ring (bicyclic) bond motifs is 2. The Morgan fingerprint density at radius 1 is 1.29 bits per heavy atom. The summed E-state index contributed by atoms with van der Waals surface area (Å²) in [5, 5.41) is 0.997. The Balaban J connectivity index is 1.72. The summed E-state index contributed by atoms with van der Waals surface area (Å²) < 4.78 is 32.6. The van der Waals surface area contributed by atoms with Gasteiger partial charge in [0.15, 0.2) is 16.1 Å². The van der Waals surface area contributed by atoms with Crippen molar-refractivity contribution in [3.8, 4) is 0 Å². The van der Waals surface area contributed by atoms with E-state index in [9.17, 15) is 4.39 Å². The average molecular weight is 427 g/mol. The normalized spacial score (nSPS) is 23.7. The maximum Gasteiger partial charge on any atom is 0.210 e. The van der Waals surface area contributed by atoms with Crippen molar-refractivity contribution < 1.29 is 18.6 Å². The van der Waals surface area contributed by atoms with Crippen LogP contribution in [0.15, 0.2) is 5.16 Å². The molecule has 5 rings (SSSR count). The van der Waals surface area contributed by atoms with Gasteiger partial charge in [-0.2, -0.15) is 0 Å². The summed E-state index contributed by atoms with van der Waals surface area (Å²) in [4.78, 5) is 15.7. The van der Waals surface area contributed by atoms with Crippen molar-refractivity contribution in [3.63, 3.8) is 0 Å². The molecule has 0 aliphatic carbocycles. The van der Waals surface area contributed by atoms with Crippen LogP contribution in [-0.4, -0.2) is 65.5 Å². The van der Waals surface area contributed by atoms with Crippen LogP contribution in [0.2, 0.25) is 5.15 Å². The Bertz CT molecular complexity index is 928. The lowest BCUT2D eigenvalue weighted by Gasteiger charge is -2.34. The third kappa shape index (κ3) is 3.04. The van der Waals surface area contributed by atoms with E-state index in [0.717, 1.165) is 17.9 Å². The predicted octanol–water partition coefficient (Wildman–Crippen LogP) is 2.82. The number of rotatable bonds is 2.